The smallest absolute Gasteiger partial charge is 0.0108 e. The Labute approximate surface area is 122 Å². The molecule has 0 amide bonds. The minimum Gasteiger partial charge on any atom is -0.313 e. The lowest BCUT2D eigenvalue weighted by atomic mass is 9.87. The normalized spacial score (nSPS) is 22.6. The monoisotopic (exact) mass is 265 g/mol. The van der Waals surface area contributed by atoms with Crippen LogP contribution in [-0.2, 0) is 12.8 Å². The second-order valence-electron chi connectivity index (χ2n) is 5.93. The topological polar surface area (TPSA) is 12.0 Å². The van der Waals surface area contributed by atoms with Crippen LogP contribution < -0.4 is 5.32 Å². The molecule has 0 saturated carbocycles. The number of hydrogen-bond acceptors (Lipinski definition) is 1. The van der Waals surface area contributed by atoms with Crippen LogP contribution in [0.1, 0.15) is 24.0 Å². The number of hydrogen-bond donors (Lipinski definition) is 1. The third-order valence-corrected chi connectivity index (χ3v) is 4.31. The van der Waals surface area contributed by atoms with E-state index in [0.717, 1.165) is 12.5 Å². The molecule has 1 fully saturated rings. The number of nitrogens with one attached hydrogen (secondary N) is 1. The Morgan fingerprint density at radius 1 is 0.750 bits per heavy atom. The van der Waals surface area contributed by atoms with E-state index in [1.807, 2.05) is 0 Å². The Morgan fingerprint density at radius 2 is 1.35 bits per heavy atom. The fourth-order valence-corrected chi connectivity index (χ4v) is 3.17. The maximum Gasteiger partial charge on any atom is 0.0108 e. The highest BCUT2D eigenvalue weighted by atomic mass is 14.9. The lowest BCUT2D eigenvalue weighted by Crippen LogP contribution is -2.40. The molecule has 1 aliphatic heterocycles. The van der Waals surface area contributed by atoms with Gasteiger partial charge in [0.15, 0.2) is 0 Å². The van der Waals surface area contributed by atoms with Crippen molar-refractivity contribution in [1.29, 1.82) is 0 Å². The molecule has 1 saturated heterocycles. The van der Waals surface area contributed by atoms with Gasteiger partial charge < -0.3 is 5.32 Å². The van der Waals surface area contributed by atoms with Gasteiger partial charge in [-0.15, -0.1) is 0 Å². The third kappa shape index (κ3) is 3.71. The van der Waals surface area contributed by atoms with Gasteiger partial charge in [0.05, 0.1) is 0 Å². The minimum absolute atomic E-state index is 0.657. The first-order valence-corrected chi connectivity index (χ1v) is 7.71. The molecule has 2 unspecified atom stereocenters. The summed E-state index contributed by atoms with van der Waals surface area (Å²) in [7, 11) is 0. The van der Waals surface area contributed by atoms with Gasteiger partial charge in [0.2, 0.25) is 0 Å². The average Bonchev–Trinajstić information content (AvgIpc) is 2.51. The van der Waals surface area contributed by atoms with Gasteiger partial charge in [-0.3, -0.25) is 0 Å². The third-order valence-electron chi connectivity index (χ3n) is 4.31. The molecule has 2 atom stereocenters. The Bertz CT molecular complexity index is 448. The van der Waals surface area contributed by atoms with E-state index in [-0.39, 0.29) is 0 Å². The van der Waals surface area contributed by atoms with Crippen molar-refractivity contribution in [2.45, 2.75) is 31.7 Å². The molecule has 0 aromatic heterocycles. The van der Waals surface area contributed by atoms with Gasteiger partial charge in [0.1, 0.15) is 0 Å². The lowest BCUT2D eigenvalue weighted by molar-refractivity contribution is 0.307. The first-order valence-electron chi connectivity index (χ1n) is 7.71. The molecule has 2 aromatic rings. The van der Waals surface area contributed by atoms with Crippen LogP contribution in [0.2, 0.25) is 0 Å². The van der Waals surface area contributed by atoms with Gasteiger partial charge in [-0.05, 0) is 49.3 Å². The summed E-state index contributed by atoms with van der Waals surface area (Å²) in [5, 5.41) is 3.74. The fourth-order valence-electron chi connectivity index (χ4n) is 3.17. The predicted molar refractivity (Wildman–Crippen MR) is 84.8 cm³/mol. The van der Waals surface area contributed by atoms with Crippen molar-refractivity contribution < 1.29 is 0 Å². The second-order valence-corrected chi connectivity index (χ2v) is 5.93. The summed E-state index contributed by atoms with van der Waals surface area (Å²) >= 11 is 0. The molecule has 1 heterocycles. The van der Waals surface area contributed by atoms with E-state index in [0.29, 0.717) is 6.04 Å². The van der Waals surface area contributed by atoms with Crippen LogP contribution in [0.25, 0.3) is 0 Å². The molecule has 2 aromatic carbocycles. The predicted octanol–water partition coefficient (Wildman–Crippen LogP) is 3.84. The van der Waals surface area contributed by atoms with Gasteiger partial charge in [-0.25, -0.2) is 0 Å². The molecule has 1 heteroatoms. The molecule has 3 rings (SSSR count). The number of benzene rings is 2. The van der Waals surface area contributed by atoms with Crippen LogP contribution >= 0.6 is 0 Å². The molecule has 0 bridgehead atoms. The van der Waals surface area contributed by atoms with Crippen LogP contribution in [0.15, 0.2) is 60.7 Å². The Balaban J connectivity index is 1.47. The standard InChI is InChI=1S/C19H23N/c1-3-7-16(8-4-1)13-18-11-12-19(20-15-18)14-17-9-5-2-6-10-17/h1-10,18-20H,11-15H2. The van der Waals surface area contributed by atoms with E-state index in [4.69, 9.17) is 0 Å². The summed E-state index contributed by atoms with van der Waals surface area (Å²) in [4.78, 5) is 0. The highest BCUT2D eigenvalue weighted by Crippen LogP contribution is 2.20. The average molecular weight is 265 g/mol. The Kier molecular flexibility index (Phi) is 4.49. The van der Waals surface area contributed by atoms with E-state index in [1.54, 1.807) is 0 Å². The maximum atomic E-state index is 3.74. The van der Waals surface area contributed by atoms with Crippen LogP contribution in [0, 0.1) is 5.92 Å². The molecule has 0 spiro atoms. The van der Waals surface area contributed by atoms with Crippen molar-refractivity contribution in [3.63, 3.8) is 0 Å². The zero-order valence-electron chi connectivity index (χ0n) is 12.0. The molecule has 0 aliphatic carbocycles. The zero-order chi connectivity index (χ0) is 13.6. The fraction of sp³-hybridized carbons (Fsp3) is 0.368. The summed E-state index contributed by atoms with van der Waals surface area (Å²) in [5.74, 6) is 0.796. The Hall–Kier alpha value is -1.60. The molecule has 1 nitrogen and oxygen atoms in total. The molecule has 20 heavy (non-hydrogen) atoms. The molecular weight excluding hydrogens is 242 g/mol. The van der Waals surface area contributed by atoms with E-state index >= 15 is 0 Å². The number of piperidine rings is 1. The van der Waals surface area contributed by atoms with E-state index in [9.17, 15) is 0 Å². The van der Waals surface area contributed by atoms with Crippen molar-refractivity contribution in [2.75, 3.05) is 6.54 Å². The van der Waals surface area contributed by atoms with Gasteiger partial charge >= 0.3 is 0 Å². The van der Waals surface area contributed by atoms with Crippen molar-refractivity contribution in [3.05, 3.63) is 71.8 Å². The van der Waals surface area contributed by atoms with E-state index in [1.165, 1.54) is 36.8 Å². The van der Waals surface area contributed by atoms with E-state index < -0.39 is 0 Å². The molecule has 104 valence electrons. The SMILES string of the molecule is c1ccc(CC2CCC(Cc3ccccc3)NC2)cc1. The summed E-state index contributed by atoms with van der Waals surface area (Å²) in [6, 6.07) is 22.4. The van der Waals surface area contributed by atoms with E-state index in [2.05, 4.69) is 66.0 Å². The van der Waals surface area contributed by atoms with Gasteiger partial charge in [0.25, 0.3) is 0 Å². The van der Waals surface area contributed by atoms with Gasteiger partial charge in [-0.1, -0.05) is 60.7 Å². The van der Waals surface area contributed by atoms with Crippen molar-refractivity contribution >= 4 is 0 Å². The first kappa shape index (κ1) is 13.4. The van der Waals surface area contributed by atoms with Crippen LogP contribution in [-0.4, -0.2) is 12.6 Å². The molecular formula is C19H23N. The zero-order valence-corrected chi connectivity index (χ0v) is 12.0. The van der Waals surface area contributed by atoms with Gasteiger partial charge in [-0.2, -0.15) is 0 Å². The minimum atomic E-state index is 0.657. The van der Waals surface area contributed by atoms with Crippen molar-refractivity contribution in [2.24, 2.45) is 5.92 Å². The Morgan fingerprint density at radius 3 is 1.90 bits per heavy atom. The summed E-state index contributed by atoms with van der Waals surface area (Å²) in [6.45, 7) is 1.16. The van der Waals surface area contributed by atoms with Crippen LogP contribution in [0.4, 0.5) is 0 Å². The summed E-state index contributed by atoms with van der Waals surface area (Å²) in [6.07, 6.45) is 5.02. The molecule has 1 N–H and O–H groups in total. The largest absolute Gasteiger partial charge is 0.313 e. The van der Waals surface area contributed by atoms with Crippen LogP contribution in [0.3, 0.4) is 0 Å². The number of rotatable bonds is 4. The first-order chi connectivity index (χ1) is 9.90. The summed E-state index contributed by atoms with van der Waals surface area (Å²) in [5.41, 5.74) is 2.92. The second kappa shape index (κ2) is 6.71. The highest BCUT2D eigenvalue weighted by Gasteiger charge is 2.20. The van der Waals surface area contributed by atoms with Crippen LogP contribution in [0.5, 0.6) is 0 Å². The van der Waals surface area contributed by atoms with Crippen molar-refractivity contribution in [3.8, 4) is 0 Å². The van der Waals surface area contributed by atoms with Crippen molar-refractivity contribution in [1.82, 2.24) is 5.32 Å². The quantitative estimate of drug-likeness (QED) is 0.885. The van der Waals surface area contributed by atoms with Gasteiger partial charge in [0, 0.05) is 6.04 Å². The molecule has 0 radical (unpaired) electrons. The lowest BCUT2D eigenvalue weighted by Gasteiger charge is -2.30. The summed E-state index contributed by atoms with van der Waals surface area (Å²) < 4.78 is 0. The maximum absolute atomic E-state index is 3.74. The highest BCUT2D eigenvalue weighted by molar-refractivity contribution is 5.17. The molecule has 1 aliphatic rings.